The van der Waals surface area contributed by atoms with Gasteiger partial charge in [0.05, 0.1) is 0 Å². The van der Waals surface area contributed by atoms with Gasteiger partial charge in [-0.05, 0) is 28.2 Å². The van der Waals surface area contributed by atoms with Crippen molar-refractivity contribution in [2.75, 3.05) is 5.32 Å². The third-order valence-electron chi connectivity index (χ3n) is 5.29. The van der Waals surface area contributed by atoms with Crippen molar-refractivity contribution in [2.24, 2.45) is 0 Å². The molecule has 0 saturated carbocycles. The van der Waals surface area contributed by atoms with Gasteiger partial charge in [0.25, 0.3) is 0 Å². The molecule has 3 aromatic carbocycles. The lowest BCUT2D eigenvalue weighted by atomic mass is 9.69. The summed E-state index contributed by atoms with van der Waals surface area (Å²) in [7, 11) is 0. The van der Waals surface area contributed by atoms with Gasteiger partial charge < -0.3 is 5.32 Å². The van der Waals surface area contributed by atoms with Crippen LogP contribution in [0.5, 0.6) is 0 Å². The molecule has 0 radical (unpaired) electrons. The van der Waals surface area contributed by atoms with E-state index >= 15 is 0 Å². The maximum absolute atomic E-state index is 13.4. The number of para-hydroxylation sites is 1. The molecule has 0 spiro atoms. The van der Waals surface area contributed by atoms with Crippen molar-refractivity contribution >= 4 is 11.6 Å². The van der Waals surface area contributed by atoms with Gasteiger partial charge in [-0.25, -0.2) is 0 Å². The van der Waals surface area contributed by atoms with E-state index < -0.39 is 5.41 Å². The van der Waals surface area contributed by atoms with Crippen LogP contribution in [0.3, 0.4) is 0 Å². The van der Waals surface area contributed by atoms with E-state index in [0.717, 1.165) is 22.4 Å². The van der Waals surface area contributed by atoms with Gasteiger partial charge in [-0.15, -0.1) is 0 Å². The molecule has 0 fully saturated rings. The van der Waals surface area contributed by atoms with Crippen LogP contribution in [0.25, 0.3) is 0 Å². The van der Waals surface area contributed by atoms with Crippen LogP contribution in [-0.2, 0) is 15.6 Å². The Bertz CT molecular complexity index is 969. The van der Waals surface area contributed by atoms with Crippen LogP contribution in [0.4, 0.5) is 5.69 Å². The molecule has 26 heavy (non-hydrogen) atoms. The molecule has 1 unspecified atom stereocenters. The summed E-state index contributed by atoms with van der Waals surface area (Å²) >= 11 is 0. The largest absolute Gasteiger partial charge is 0.324 e. The second-order valence-electron chi connectivity index (χ2n) is 7.95. The summed E-state index contributed by atoms with van der Waals surface area (Å²) in [5, 5.41) is 3.10. The van der Waals surface area contributed by atoms with Crippen molar-refractivity contribution in [1.82, 2.24) is 0 Å². The summed E-state index contributed by atoms with van der Waals surface area (Å²) in [6.45, 7) is 6.60. The number of carbonyl (C=O) groups excluding carboxylic acids is 1. The van der Waals surface area contributed by atoms with Crippen LogP contribution in [0, 0.1) is 0 Å². The molecule has 2 heteroatoms. The lowest BCUT2D eigenvalue weighted by molar-refractivity contribution is -0.118. The Morgan fingerprint density at radius 3 is 2.15 bits per heavy atom. The van der Waals surface area contributed by atoms with E-state index in [2.05, 4.69) is 56.4 Å². The average molecular weight is 341 g/mol. The predicted octanol–water partition coefficient (Wildman–Crippen LogP) is 5.27. The maximum atomic E-state index is 13.4. The van der Waals surface area contributed by atoms with Gasteiger partial charge >= 0.3 is 0 Å². The number of amides is 1. The smallest absolute Gasteiger partial charge is 0.244 e. The van der Waals surface area contributed by atoms with Crippen molar-refractivity contribution < 1.29 is 4.79 Å². The number of hydrogen-bond acceptors (Lipinski definition) is 1. The molecule has 1 aliphatic rings. The van der Waals surface area contributed by atoms with Crippen molar-refractivity contribution in [1.29, 1.82) is 0 Å². The van der Waals surface area contributed by atoms with Crippen LogP contribution < -0.4 is 5.32 Å². The number of carbonyl (C=O) groups is 1. The molecule has 1 heterocycles. The zero-order valence-corrected chi connectivity index (χ0v) is 15.4. The predicted molar refractivity (Wildman–Crippen MR) is 107 cm³/mol. The summed E-state index contributed by atoms with van der Waals surface area (Å²) < 4.78 is 0. The number of benzene rings is 3. The third-order valence-corrected chi connectivity index (χ3v) is 5.29. The van der Waals surface area contributed by atoms with Gasteiger partial charge in [-0.2, -0.15) is 0 Å². The zero-order valence-electron chi connectivity index (χ0n) is 15.4. The van der Waals surface area contributed by atoms with Crippen molar-refractivity contribution in [3.05, 3.63) is 101 Å². The Kier molecular flexibility index (Phi) is 3.73. The van der Waals surface area contributed by atoms with Crippen LogP contribution in [0.1, 0.15) is 43.0 Å². The Morgan fingerprint density at radius 2 is 1.42 bits per heavy atom. The van der Waals surface area contributed by atoms with E-state index in [0.29, 0.717) is 0 Å². The minimum atomic E-state index is -0.820. The molecule has 3 aromatic rings. The van der Waals surface area contributed by atoms with Gasteiger partial charge in [0.1, 0.15) is 5.41 Å². The van der Waals surface area contributed by atoms with Crippen LogP contribution >= 0.6 is 0 Å². The molecule has 1 aliphatic heterocycles. The fraction of sp³-hybridized carbons (Fsp3) is 0.208. The molecule has 0 aromatic heterocycles. The van der Waals surface area contributed by atoms with Crippen LogP contribution in [0.15, 0.2) is 78.9 Å². The minimum Gasteiger partial charge on any atom is -0.324 e. The monoisotopic (exact) mass is 341 g/mol. The van der Waals surface area contributed by atoms with E-state index in [1.165, 1.54) is 5.56 Å². The molecule has 4 rings (SSSR count). The number of anilines is 1. The quantitative estimate of drug-likeness (QED) is 0.676. The van der Waals surface area contributed by atoms with Gasteiger partial charge in [-0.1, -0.05) is 93.6 Å². The molecule has 2 nitrogen and oxygen atoms in total. The fourth-order valence-electron chi connectivity index (χ4n) is 3.90. The summed E-state index contributed by atoms with van der Waals surface area (Å²) in [6, 6.07) is 26.6. The Balaban J connectivity index is 2.05. The normalized spacial score (nSPS) is 19.1. The number of hydrogen-bond donors (Lipinski definition) is 1. The molecule has 0 bridgehead atoms. The third kappa shape index (κ3) is 2.37. The molecule has 1 amide bonds. The minimum absolute atomic E-state index is 0.0101. The first-order valence-electron chi connectivity index (χ1n) is 9.01. The average Bonchev–Trinajstić information content (AvgIpc) is 2.94. The lowest BCUT2D eigenvalue weighted by Crippen LogP contribution is -2.37. The zero-order chi connectivity index (χ0) is 18.4. The molecule has 0 aliphatic carbocycles. The summed E-state index contributed by atoms with van der Waals surface area (Å²) in [4.78, 5) is 13.4. The summed E-state index contributed by atoms with van der Waals surface area (Å²) in [6.07, 6.45) is 0. The van der Waals surface area contributed by atoms with E-state index in [4.69, 9.17) is 0 Å². The van der Waals surface area contributed by atoms with Crippen LogP contribution in [0.2, 0.25) is 0 Å². The first kappa shape index (κ1) is 16.6. The number of rotatable bonds is 2. The summed E-state index contributed by atoms with van der Waals surface area (Å²) in [5.41, 5.74) is 4.33. The SMILES string of the molecule is CC(C)(C)c1cccc(C2(c3ccccc3)C(=O)Nc3ccccc32)c1. The first-order valence-corrected chi connectivity index (χ1v) is 9.01. The highest BCUT2D eigenvalue weighted by Crippen LogP contribution is 2.48. The van der Waals surface area contributed by atoms with Gasteiger partial charge in [0.2, 0.25) is 5.91 Å². The standard InChI is InChI=1S/C24H23NO/c1-23(2,3)18-12-9-13-19(16-18)24(17-10-5-4-6-11-17)20-14-7-8-15-21(20)25-22(24)26/h4-16H,1-3H3,(H,25,26). The van der Waals surface area contributed by atoms with E-state index in [1.807, 2.05) is 48.5 Å². The van der Waals surface area contributed by atoms with Crippen molar-refractivity contribution in [3.63, 3.8) is 0 Å². The van der Waals surface area contributed by atoms with E-state index in [-0.39, 0.29) is 11.3 Å². The molecular weight excluding hydrogens is 318 g/mol. The maximum Gasteiger partial charge on any atom is 0.244 e. The fourth-order valence-corrected chi connectivity index (χ4v) is 3.90. The van der Waals surface area contributed by atoms with Gasteiger partial charge in [0.15, 0.2) is 0 Å². The second-order valence-corrected chi connectivity index (χ2v) is 7.95. The van der Waals surface area contributed by atoms with Crippen molar-refractivity contribution in [3.8, 4) is 0 Å². The Hall–Kier alpha value is -2.87. The second kappa shape index (κ2) is 5.84. The molecule has 130 valence electrons. The first-order chi connectivity index (χ1) is 12.4. The number of fused-ring (bicyclic) bond motifs is 1. The van der Waals surface area contributed by atoms with Crippen LogP contribution in [-0.4, -0.2) is 5.91 Å². The van der Waals surface area contributed by atoms with Crippen molar-refractivity contribution in [2.45, 2.75) is 31.6 Å². The van der Waals surface area contributed by atoms with Gasteiger partial charge in [0, 0.05) is 11.3 Å². The van der Waals surface area contributed by atoms with E-state index in [9.17, 15) is 4.79 Å². The Labute approximate surface area is 154 Å². The number of nitrogens with one attached hydrogen (secondary N) is 1. The molecule has 1 N–H and O–H groups in total. The van der Waals surface area contributed by atoms with E-state index in [1.54, 1.807) is 0 Å². The molecular formula is C24H23NO. The highest BCUT2D eigenvalue weighted by Gasteiger charge is 2.49. The highest BCUT2D eigenvalue weighted by atomic mass is 16.2. The highest BCUT2D eigenvalue weighted by molar-refractivity contribution is 6.11. The topological polar surface area (TPSA) is 29.1 Å². The lowest BCUT2D eigenvalue weighted by Gasteiger charge is -2.30. The summed E-state index contributed by atoms with van der Waals surface area (Å²) in [5.74, 6) is 0.0101. The van der Waals surface area contributed by atoms with Gasteiger partial charge in [-0.3, -0.25) is 4.79 Å². The molecule has 0 saturated heterocycles. The molecule has 1 atom stereocenters. The Morgan fingerprint density at radius 1 is 0.769 bits per heavy atom.